The van der Waals surface area contributed by atoms with Gasteiger partial charge in [-0.2, -0.15) is 0 Å². The first-order valence-corrected chi connectivity index (χ1v) is 7.50. The van der Waals surface area contributed by atoms with Crippen LogP contribution in [0.4, 0.5) is 5.69 Å². The quantitative estimate of drug-likeness (QED) is 0.834. The van der Waals surface area contributed by atoms with Gasteiger partial charge < -0.3 is 25.2 Å². The number of nitrogens with two attached hydrogens (primary N) is 1. The summed E-state index contributed by atoms with van der Waals surface area (Å²) in [5, 5.41) is 9.00. The third-order valence-corrected chi connectivity index (χ3v) is 4.04. The van der Waals surface area contributed by atoms with Crippen LogP contribution in [0.2, 0.25) is 0 Å². The highest BCUT2D eigenvalue weighted by molar-refractivity contribution is 5.56. The fourth-order valence-corrected chi connectivity index (χ4v) is 3.02. The molecule has 1 aromatic carbocycles. The summed E-state index contributed by atoms with van der Waals surface area (Å²) in [7, 11) is 3.31. The Balaban J connectivity index is 2.15. The molecule has 1 heterocycles. The van der Waals surface area contributed by atoms with Crippen molar-refractivity contribution in [3.05, 3.63) is 18.2 Å². The van der Waals surface area contributed by atoms with Crippen molar-refractivity contribution < 1.29 is 14.6 Å². The predicted octanol–water partition coefficient (Wildman–Crippen LogP) is 1.63. The monoisotopic (exact) mass is 294 g/mol. The third-order valence-electron chi connectivity index (χ3n) is 4.04. The molecule has 1 aromatic rings. The second-order valence-corrected chi connectivity index (χ2v) is 5.70. The molecule has 5 nitrogen and oxygen atoms in total. The van der Waals surface area contributed by atoms with Gasteiger partial charge in [0.2, 0.25) is 0 Å². The summed E-state index contributed by atoms with van der Waals surface area (Å²) in [5.74, 6) is 2.10. The lowest BCUT2D eigenvalue weighted by molar-refractivity contribution is 0.259. The molecule has 3 N–H and O–H groups in total. The van der Waals surface area contributed by atoms with Crippen LogP contribution in [0.15, 0.2) is 18.2 Å². The minimum Gasteiger partial charge on any atom is -0.497 e. The van der Waals surface area contributed by atoms with Crippen molar-refractivity contribution >= 4 is 5.69 Å². The van der Waals surface area contributed by atoms with Crippen molar-refractivity contribution in [2.24, 2.45) is 11.7 Å². The van der Waals surface area contributed by atoms with Crippen molar-refractivity contribution in [2.75, 3.05) is 38.8 Å². The lowest BCUT2D eigenvalue weighted by Crippen LogP contribution is -2.47. The second-order valence-electron chi connectivity index (χ2n) is 5.70. The number of methoxy groups -OCH3 is 2. The summed E-state index contributed by atoms with van der Waals surface area (Å²) >= 11 is 0. The zero-order valence-electron chi connectivity index (χ0n) is 12.9. The molecule has 1 saturated heterocycles. The smallest absolute Gasteiger partial charge is 0.124 e. The Kier molecular flexibility index (Phi) is 5.70. The van der Waals surface area contributed by atoms with Crippen LogP contribution in [0.3, 0.4) is 0 Å². The van der Waals surface area contributed by atoms with E-state index < -0.39 is 0 Å². The molecule has 1 aliphatic heterocycles. The van der Waals surface area contributed by atoms with Gasteiger partial charge in [-0.3, -0.25) is 0 Å². The standard InChI is InChI=1S/C16H26N2O3/c1-20-15-7-14(8-16(9-15)21-2)18-10-12(4-3-5-19)6-13(17)11-18/h7-9,12-13,19H,3-6,10-11,17H2,1-2H3. The van der Waals surface area contributed by atoms with Gasteiger partial charge in [0.1, 0.15) is 11.5 Å². The molecule has 2 rings (SSSR count). The molecule has 118 valence electrons. The van der Waals surface area contributed by atoms with Gasteiger partial charge in [-0.05, 0) is 25.2 Å². The van der Waals surface area contributed by atoms with Crippen LogP contribution in [0.25, 0.3) is 0 Å². The number of rotatable bonds is 6. The minimum atomic E-state index is 0.166. The van der Waals surface area contributed by atoms with Crippen LogP contribution in [0, 0.1) is 5.92 Å². The Morgan fingerprint density at radius 3 is 2.43 bits per heavy atom. The van der Waals surface area contributed by atoms with Gasteiger partial charge in [0.25, 0.3) is 0 Å². The summed E-state index contributed by atoms with van der Waals surface area (Å²) in [4.78, 5) is 2.29. The maximum atomic E-state index is 9.00. The number of benzene rings is 1. The average molecular weight is 294 g/mol. The van der Waals surface area contributed by atoms with Crippen LogP contribution < -0.4 is 20.1 Å². The molecule has 5 heteroatoms. The molecule has 1 fully saturated rings. The first-order chi connectivity index (χ1) is 10.2. The number of aliphatic hydroxyl groups is 1. The number of anilines is 1. The first kappa shape index (κ1) is 15.9. The minimum absolute atomic E-state index is 0.166. The Morgan fingerprint density at radius 2 is 1.86 bits per heavy atom. The maximum absolute atomic E-state index is 9.00. The number of piperidine rings is 1. The predicted molar refractivity (Wildman–Crippen MR) is 84.2 cm³/mol. The zero-order chi connectivity index (χ0) is 15.2. The van der Waals surface area contributed by atoms with E-state index in [0.717, 1.165) is 49.5 Å². The third kappa shape index (κ3) is 4.25. The lowest BCUT2D eigenvalue weighted by Gasteiger charge is -2.38. The van der Waals surface area contributed by atoms with Gasteiger partial charge in [-0.15, -0.1) is 0 Å². The van der Waals surface area contributed by atoms with Crippen molar-refractivity contribution in [2.45, 2.75) is 25.3 Å². The van der Waals surface area contributed by atoms with Gasteiger partial charge in [0.05, 0.1) is 14.2 Å². The van der Waals surface area contributed by atoms with Crippen LogP contribution in [-0.2, 0) is 0 Å². The summed E-state index contributed by atoms with van der Waals surface area (Å²) in [6.07, 6.45) is 2.88. The van der Waals surface area contributed by atoms with E-state index in [0.29, 0.717) is 5.92 Å². The van der Waals surface area contributed by atoms with Crippen LogP contribution in [-0.4, -0.2) is 45.1 Å². The van der Waals surface area contributed by atoms with Crippen molar-refractivity contribution in [3.63, 3.8) is 0 Å². The van der Waals surface area contributed by atoms with Crippen LogP contribution >= 0.6 is 0 Å². The highest BCUT2D eigenvalue weighted by Crippen LogP contribution is 2.31. The molecule has 0 bridgehead atoms. The maximum Gasteiger partial charge on any atom is 0.124 e. The van der Waals surface area contributed by atoms with E-state index in [1.807, 2.05) is 18.2 Å². The summed E-state index contributed by atoms with van der Waals surface area (Å²) in [6, 6.07) is 6.07. The molecular formula is C16H26N2O3. The Hall–Kier alpha value is -1.46. The van der Waals surface area contributed by atoms with E-state index in [1.54, 1.807) is 14.2 Å². The molecule has 21 heavy (non-hydrogen) atoms. The molecule has 0 saturated carbocycles. The summed E-state index contributed by atoms with van der Waals surface area (Å²) in [5.41, 5.74) is 7.28. The van der Waals surface area contributed by atoms with Gasteiger partial charge in [-0.25, -0.2) is 0 Å². The second kappa shape index (κ2) is 7.52. The van der Waals surface area contributed by atoms with Gasteiger partial charge in [-0.1, -0.05) is 0 Å². The fraction of sp³-hybridized carbons (Fsp3) is 0.625. The fourth-order valence-electron chi connectivity index (χ4n) is 3.02. The molecule has 0 aliphatic carbocycles. The Labute approximate surface area is 126 Å². The van der Waals surface area contributed by atoms with Crippen molar-refractivity contribution in [1.29, 1.82) is 0 Å². The van der Waals surface area contributed by atoms with E-state index in [1.165, 1.54) is 0 Å². The van der Waals surface area contributed by atoms with E-state index in [9.17, 15) is 0 Å². The van der Waals surface area contributed by atoms with E-state index in [-0.39, 0.29) is 12.6 Å². The van der Waals surface area contributed by atoms with E-state index in [2.05, 4.69) is 4.90 Å². The average Bonchev–Trinajstić information content (AvgIpc) is 2.51. The largest absolute Gasteiger partial charge is 0.497 e. The molecule has 0 radical (unpaired) electrons. The Bertz CT molecular complexity index is 431. The molecule has 0 aromatic heterocycles. The number of ether oxygens (including phenoxy) is 2. The van der Waals surface area contributed by atoms with Crippen LogP contribution in [0.1, 0.15) is 19.3 Å². The number of hydrogen-bond acceptors (Lipinski definition) is 5. The lowest BCUT2D eigenvalue weighted by atomic mass is 9.90. The zero-order valence-corrected chi connectivity index (χ0v) is 12.9. The van der Waals surface area contributed by atoms with Crippen molar-refractivity contribution in [1.82, 2.24) is 0 Å². The number of aliphatic hydroxyl groups excluding tert-OH is 1. The van der Waals surface area contributed by atoms with Gasteiger partial charge in [0.15, 0.2) is 0 Å². The van der Waals surface area contributed by atoms with E-state index >= 15 is 0 Å². The number of nitrogens with zero attached hydrogens (tertiary/aromatic N) is 1. The Morgan fingerprint density at radius 1 is 1.19 bits per heavy atom. The van der Waals surface area contributed by atoms with E-state index in [4.69, 9.17) is 20.3 Å². The highest BCUT2D eigenvalue weighted by Gasteiger charge is 2.25. The molecule has 2 atom stereocenters. The molecule has 2 unspecified atom stereocenters. The van der Waals surface area contributed by atoms with Gasteiger partial charge in [0, 0.05) is 49.6 Å². The SMILES string of the molecule is COc1cc(OC)cc(N2CC(N)CC(CCCO)C2)c1. The first-order valence-electron chi connectivity index (χ1n) is 7.50. The normalized spacial score (nSPS) is 22.2. The molecule has 0 amide bonds. The van der Waals surface area contributed by atoms with Crippen molar-refractivity contribution in [3.8, 4) is 11.5 Å². The highest BCUT2D eigenvalue weighted by atomic mass is 16.5. The number of hydrogen-bond donors (Lipinski definition) is 2. The summed E-state index contributed by atoms with van der Waals surface area (Å²) < 4.78 is 10.7. The van der Waals surface area contributed by atoms with Gasteiger partial charge >= 0.3 is 0 Å². The summed E-state index contributed by atoms with van der Waals surface area (Å²) in [6.45, 7) is 2.05. The molecule has 1 aliphatic rings. The molecule has 0 spiro atoms. The molecular weight excluding hydrogens is 268 g/mol. The topological polar surface area (TPSA) is 68.0 Å². The van der Waals surface area contributed by atoms with Crippen LogP contribution in [0.5, 0.6) is 11.5 Å².